The van der Waals surface area contributed by atoms with Crippen molar-refractivity contribution in [2.75, 3.05) is 25.0 Å². The highest BCUT2D eigenvalue weighted by molar-refractivity contribution is 5.93. The number of nitrogens with zero attached hydrogens (tertiary/aromatic N) is 1. The van der Waals surface area contributed by atoms with Crippen molar-refractivity contribution >= 4 is 16.6 Å². The van der Waals surface area contributed by atoms with Crippen LogP contribution >= 0.6 is 0 Å². The zero-order valence-electron chi connectivity index (χ0n) is 26.8. The SMILES string of the molecule is CC1(C)O[C@H]2[C@@H](O1)[C@@H](CNCCCCCCCCCCNc1c3c(nc4ccccc14)CCCC3)O[C@@H]1OC(C)(C)O[C@@H]12. The van der Waals surface area contributed by atoms with Gasteiger partial charge in [0.25, 0.3) is 0 Å². The van der Waals surface area contributed by atoms with Gasteiger partial charge in [0.15, 0.2) is 17.9 Å². The van der Waals surface area contributed by atoms with E-state index in [1.54, 1.807) is 0 Å². The lowest BCUT2D eigenvalue weighted by Gasteiger charge is -2.37. The largest absolute Gasteiger partial charge is 0.384 e. The molecule has 3 aliphatic heterocycles. The molecule has 2 aromatic rings. The van der Waals surface area contributed by atoms with Gasteiger partial charge in [-0.05, 0) is 84.4 Å². The van der Waals surface area contributed by atoms with Gasteiger partial charge in [0.05, 0.1) is 5.52 Å². The summed E-state index contributed by atoms with van der Waals surface area (Å²) >= 11 is 0. The molecule has 0 saturated carbocycles. The molecule has 0 spiro atoms. The summed E-state index contributed by atoms with van der Waals surface area (Å²) in [7, 11) is 0. The van der Waals surface area contributed by atoms with E-state index in [0.717, 1.165) is 38.0 Å². The van der Waals surface area contributed by atoms with Gasteiger partial charge in [-0.15, -0.1) is 0 Å². The number of rotatable bonds is 14. The first-order chi connectivity index (χ1) is 20.8. The van der Waals surface area contributed by atoms with Gasteiger partial charge in [0.2, 0.25) is 0 Å². The standard InChI is InChI=1S/C35H53N3O5/c1-34(2)40-30-28(39-33-32(31(30)41-34)42-35(3,4)43-33)23-36-21-15-9-7-5-6-8-10-16-22-37-29-24-17-11-13-19-26(24)38-27-20-14-12-18-25(27)29/h11,13,17,19,28,30-33,36H,5-10,12,14-16,18,20-23H2,1-4H3,(H,37,38)/t28-,30+,31+,32-,33-/m1/s1. The average molecular weight is 596 g/mol. The minimum Gasteiger partial charge on any atom is -0.384 e. The number of anilines is 1. The molecule has 5 atom stereocenters. The van der Waals surface area contributed by atoms with Gasteiger partial charge in [0.1, 0.15) is 24.4 Å². The third-order valence-corrected chi connectivity index (χ3v) is 9.35. The molecule has 238 valence electrons. The lowest BCUT2D eigenvalue weighted by Crippen LogP contribution is -2.57. The molecule has 2 N–H and O–H groups in total. The maximum Gasteiger partial charge on any atom is 0.190 e. The van der Waals surface area contributed by atoms with Crippen molar-refractivity contribution in [2.24, 2.45) is 0 Å². The minimum atomic E-state index is -0.676. The number of fused-ring (bicyclic) bond motifs is 5. The van der Waals surface area contributed by atoms with Crippen molar-refractivity contribution in [3.63, 3.8) is 0 Å². The molecule has 43 heavy (non-hydrogen) atoms. The van der Waals surface area contributed by atoms with Crippen LogP contribution in [0.4, 0.5) is 5.69 Å². The summed E-state index contributed by atoms with van der Waals surface area (Å²) < 4.78 is 30.9. The van der Waals surface area contributed by atoms with Crippen LogP contribution in [-0.2, 0) is 36.5 Å². The zero-order valence-corrected chi connectivity index (χ0v) is 26.8. The molecule has 8 heteroatoms. The molecule has 0 bridgehead atoms. The summed E-state index contributed by atoms with van der Waals surface area (Å²) in [6.07, 6.45) is 13.9. The second-order valence-electron chi connectivity index (χ2n) is 13.8. The van der Waals surface area contributed by atoms with E-state index >= 15 is 0 Å². The Kier molecular flexibility index (Phi) is 9.92. The zero-order chi connectivity index (χ0) is 29.9. The van der Waals surface area contributed by atoms with Crippen molar-refractivity contribution in [3.8, 4) is 0 Å². The van der Waals surface area contributed by atoms with Crippen molar-refractivity contribution in [1.29, 1.82) is 0 Å². The van der Waals surface area contributed by atoms with Crippen LogP contribution in [0.25, 0.3) is 10.9 Å². The number of aryl methyl sites for hydroxylation is 1. The van der Waals surface area contributed by atoms with E-state index in [1.165, 1.54) is 86.5 Å². The summed E-state index contributed by atoms with van der Waals surface area (Å²) in [5.41, 5.74) is 5.27. The number of para-hydroxylation sites is 1. The highest BCUT2D eigenvalue weighted by Gasteiger charge is 2.60. The molecule has 0 radical (unpaired) electrons. The number of benzene rings is 1. The summed E-state index contributed by atoms with van der Waals surface area (Å²) in [5, 5.41) is 8.70. The van der Waals surface area contributed by atoms with E-state index in [2.05, 4.69) is 34.9 Å². The van der Waals surface area contributed by atoms with Gasteiger partial charge in [-0.25, -0.2) is 0 Å². The molecule has 1 aromatic heterocycles. The number of pyridine rings is 1. The van der Waals surface area contributed by atoms with Gasteiger partial charge in [-0.2, -0.15) is 0 Å². The first kappa shape index (κ1) is 31.2. The van der Waals surface area contributed by atoms with Crippen LogP contribution in [-0.4, -0.2) is 66.9 Å². The van der Waals surface area contributed by atoms with Crippen LogP contribution in [0.1, 0.15) is 103 Å². The normalized spacial score (nSPS) is 28.9. The first-order valence-corrected chi connectivity index (χ1v) is 17.0. The Labute approximate surface area is 257 Å². The Morgan fingerprint density at radius 3 is 2.21 bits per heavy atom. The maximum atomic E-state index is 6.30. The number of hydrogen-bond acceptors (Lipinski definition) is 8. The van der Waals surface area contributed by atoms with Crippen LogP contribution in [0.2, 0.25) is 0 Å². The van der Waals surface area contributed by atoms with Crippen LogP contribution in [0.5, 0.6) is 0 Å². The average Bonchev–Trinajstić information content (AvgIpc) is 3.48. The van der Waals surface area contributed by atoms with Crippen molar-refractivity contribution in [3.05, 3.63) is 35.5 Å². The molecule has 8 nitrogen and oxygen atoms in total. The molecule has 3 fully saturated rings. The fourth-order valence-corrected chi connectivity index (χ4v) is 7.33. The Morgan fingerprint density at radius 2 is 1.40 bits per heavy atom. The summed E-state index contributed by atoms with van der Waals surface area (Å²) in [6, 6.07) is 8.62. The lowest BCUT2D eigenvalue weighted by atomic mass is 9.92. The van der Waals surface area contributed by atoms with Gasteiger partial charge < -0.3 is 34.3 Å². The number of hydrogen-bond donors (Lipinski definition) is 2. The van der Waals surface area contributed by atoms with Crippen molar-refractivity contribution in [1.82, 2.24) is 10.3 Å². The van der Waals surface area contributed by atoms with E-state index in [0.29, 0.717) is 0 Å². The van der Waals surface area contributed by atoms with Crippen molar-refractivity contribution < 1.29 is 23.7 Å². The van der Waals surface area contributed by atoms with Crippen LogP contribution in [0, 0.1) is 0 Å². The molecule has 4 aliphatic rings. The van der Waals surface area contributed by atoms with Crippen LogP contribution in [0.15, 0.2) is 24.3 Å². The predicted octanol–water partition coefficient (Wildman–Crippen LogP) is 6.63. The molecule has 1 aromatic carbocycles. The highest BCUT2D eigenvalue weighted by Crippen LogP contribution is 2.44. The monoisotopic (exact) mass is 595 g/mol. The third-order valence-electron chi connectivity index (χ3n) is 9.35. The predicted molar refractivity (Wildman–Crippen MR) is 169 cm³/mol. The topological polar surface area (TPSA) is 83.1 Å². The molecule has 6 rings (SSSR count). The fourth-order valence-electron chi connectivity index (χ4n) is 7.33. The molecule has 4 heterocycles. The number of aromatic nitrogens is 1. The fraction of sp³-hybridized carbons (Fsp3) is 0.743. The summed E-state index contributed by atoms with van der Waals surface area (Å²) in [4.78, 5) is 4.97. The third kappa shape index (κ3) is 7.54. The van der Waals surface area contributed by atoms with Crippen molar-refractivity contribution in [2.45, 2.75) is 147 Å². The van der Waals surface area contributed by atoms with E-state index < -0.39 is 17.9 Å². The minimum absolute atomic E-state index is 0.122. The summed E-state index contributed by atoms with van der Waals surface area (Å²) in [6.45, 7) is 10.5. The lowest BCUT2D eigenvalue weighted by molar-refractivity contribution is -0.232. The van der Waals surface area contributed by atoms with Crippen LogP contribution in [0.3, 0.4) is 0 Å². The second kappa shape index (κ2) is 13.7. The van der Waals surface area contributed by atoms with E-state index in [4.69, 9.17) is 28.7 Å². The number of unbranched alkanes of at least 4 members (excludes halogenated alkanes) is 7. The maximum absolute atomic E-state index is 6.30. The molecular formula is C35H53N3O5. The molecule has 0 amide bonds. The summed E-state index contributed by atoms with van der Waals surface area (Å²) in [5.74, 6) is -1.32. The van der Waals surface area contributed by atoms with E-state index in [9.17, 15) is 0 Å². The van der Waals surface area contributed by atoms with Gasteiger partial charge in [-0.3, -0.25) is 4.98 Å². The second-order valence-corrected chi connectivity index (χ2v) is 13.8. The van der Waals surface area contributed by atoms with Crippen LogP contribution < -0.4 is 10.6 Å². The Morgan fingerprint density at radius 1 is 0.744 bits per heavy atom. The number of ether oxygens (including phenoxy) is 5. The quantitative estimate of drug-likeness (QED) is 0.236. The Balaban J connectivity index is 0.826. The molecule has 0 unspecified atom stereocenters. The van der Waals surface area contributed by atoms with Gasteiger partial charge in [-0.1, -0.05) is 56.7 Å². The smallest absolute Gasteiger partial charge is 0.190 e. The molecule has 3 saturated heterocycles. The highest BCUT2D eigenvalue weighted by atomic mass is 16.9. The van der Waals surface area contributed by atoms with Gasteiger partial charge >= 0.3 is 0 Å². The molecular weight excluding hydrogens is 542 g/mol. The van der Waals surface area contributed by atoms with E-state index in [1.807, 2.05) is 27.7 Å². The Hall–Kier alpha value is -1.81. The van der Waals surface area contributed by atoms with E-state index in [-0.39, 0.29) is 24.4 Å². The number of nitrogens with one attached hydrogen (secondary N) is 2. The van der Waals surface area contributed by atoms with Gasteiger partial charge in [0, 0.05) is 29.9 Å². The Bertz CT molecular complexity index is 1220. The first-order valence-electron chi connectivity index (χ1n) is 17.0. The molecule has 1 aliphatic carbocycles.